The third-order valence-corrected chi connectivity index (χ3v) is 1.62. The summed E-state index contributed by atoms with van der Waals surface area (Å²) in [5.41, 5.74) is 1.70. The highest BCUT2D eigenvalue weighted by Gasteiger charge is 1.96. The molecule has 0 amide bonds. The van der Waals surface area contributed by atoms with Crippen LogP contribution in [0.3, 0.4) is 0 Å². The van der Waals surface area contributed by atoms with Gasteiger partial charge in [-0.25, -0.2) is 0 Å². The zero-order valence-electron chi connectivity index (χ0n) is 6.19. The van der Waals surface area contributed by atoms with E-state index in [1.54, 1.807) is 6.07 Å². The number of benzene rings is 1. The van der Waals surface area contributed by atoms with Gasteiger partial charge in [-0.3, -0.25) is 5.41 Å². The predicted octanol–water partition coefficient (Wildman–Crippen LogP) is 2.29. The van der Waals surface area contributed by atoms with Gasteiger partial charge in [-0.15, -0.1) is 0 Å². The summed E-state index contributed by atoms with van der Waals surface area (Å²) < 4.78 is 0. The maximum atomic E-state index is 7.14. The first kappa shape index (κ1) is 8.08. The van der Waals surface area contributed by atoms with Crippen LogP contribution in [0.1, 0.15) is 5.56 Å². The molecular weight excluding hydrogens is 160 g/mol. The van der Waals surface area contributed by atoms with Crippen LogP contribution in [0.25, 0.3) is 0 Å². The first-order valence-corrected chi connectivity index (χ1v) is 3.64. The van der Waals surface area contributed by atoms with E-state index >= 15 is 0 Å². The first-order valence-electron chi connectivity index (χ1n) is 3.26. The lowest BCUT2D eigenvalue weighted by molar-refractivity contribution is 1.48. The molecule has 0 unspecified atom stereocenters. The third kappa shape index (κ3) is 1.95. The fraction of sp³-hybridized carbons (Fsp3) is 0.125. The molecule has 0 radical (unpaired) electrons. The zero-order valence-corrected chi connectivity index (χ0v) is 6.94. The molecule has 1 aromatic rings. The van der Waals surface area contributed by atoms with Crippen molar-refractivity contribution >= 4 is 22.5 Å². The third-order valence-electron chi connectivity index (χ3n) is 1.40. The van der Waals surface area contributed by atoms with Crippen molar-refractivity contribution in [1.82, 2.24) is 0 Å². The summed E-state index contributed by atoms with van der Waals surface area (Å²) >= 11 is 5.49. The molecule has 58 valence electrons. The van der Waals surface area contributed by atoms with E-state index in [0.29, 0.717) is 0 Å². The van der Waals surface area contributed by atoms with Gasteiger partial charge in [0.25, 0.3) is 0 Å². The maximum Gasteiger partial charge on any atom is 0.128 e. The molecule has 0 aliphatic rings. The van der Waals surface area contributed by atoms with E-state index in [9.17, 15) is 0 Å². The molecular formula is C8H9ClN2. The van der Waals surface area contributed by atoms with Crippen molar-refractivity contribution in [1.29, 1.82) is 5.41 Å². The van der Waals surface area contributed by atoms with Crippen LogP contribution in [0.4, 0.5) is 5.69 Å². The molecule has 0 heterocycles. The van der Waals surface area contributed by atoms with Crippen molar-refractivity contribution in [2.24, 2.45) is 0 Å². The Bertz CT molecular complexity index is 271. The van der Waals surface area contributed by atoms with Crippen LogP contribution in [-0.2, 0) is 0 Å². The predicted molar refractivity (Wildman–Crippen MR) is 48.7 cm³/mol. The monoisotopic (exact) mass is 168 g/mol. The lowest BCUT2D eigenvalue weighted by atomic mass is 10.2. The van der Waals surface area contributed by atoms with Gasteiger partial charge in [0.1, 0.15) is 5.17 Å². The van der Waals surface area contributed by atoms with Gasteiger partial charge in [0.2, 0.25) is 0 Å². The van der Waals surface area contributed by atoms with Crippen molar-refractivity contribution in [2.45, 2.75) is 0 Å². The minimum atomic E-state index is 0.0714. The van der Waals surface area contributed by atoms with Gasteiger partial charge in [0.15, 0.2) is 0 Å². The Morgan fingerprint density at radius 2 is 2.27 bits per heavy atom. The Morgan fingerprint density at radius 3 is 2.82 bits per heavy atom. The molecule has 0 atom stereocenters. The largest absolute Gasteiger partial charge is 0.388 e. The molecule has 2 nitrogen and oxygen atoms in total. The van der Waals surface area contributed by atoms with E-state index in [4.69, 9.17) is 17.0 Å². The highest BCUT2D eigenvalue weighted by Crippen LogP contribution is 2.11. The number of rotatable bonds is 2. The number of hydrogen-bond donors (Lipinski definition) is 2. The standard InChI is InChI=1S/C8H9ClN2/c1-11-7-4-2-3-6(5-7)8(9)10/h2-5,10-11H,1H3. The van der Waals surface area contributed by atoms with Crippen LogP contribution in [0.2, 0.25) is 0 Å². The molecule has 2 N–H and O–H groups in total. The summed E-state index contributed by atoms with van der Waals surface area (Å²) in [5.74, 6) is 0. The quantitative estimate of drug-likeness (QED) is 0.654. The van der Waals surface area contributed by atoms with Crippen molar-refractivity contribution in [2.75, 3.05) is 12.4 Å². The molecule has 1 aromatic carbocycles. The fourth-order valence-corrected chi connectivity index (χ4v) is 0.929. The molecule has 11 heavy (non-hydrogen) atoms. The molecule has 3 heteroatoms. The van der Waals surface area contributed by atoms with Crippen LogP contribution in [0.5, 0.6) is 0 Å². The summed E-state index contributed by atoms with van der Waals surface area (Å²) in [7, 11) is 1.83. The Morgan fingerprint density at radius 1 is 1.55 bits per heavy atom. The summed E-state index contributed by atoms with van der Waals surface area (Å²) in [6, 6.07) is 7.41. The highest BCUT2D eigenvalue weighted by molar-refractivity contribution is 6.68. The van der Waals surface area contributed by atoms with E-state index in [2.05, 4.69) is 5.32 Å². The second-order valence-electron chi connectivity index (χ2n) is 2.14. The van der Waals surface area contributed by atoms with Crippen molar-refractivity contribution in [3.05, 3.63) is 29.8 Å². The Labute approximate surface area is 70.7 Å². The van der Waals surface area contributed by atoms with Gasteiger partial charge >= 0.3 is 0 Å². The second-order valence-corrected chi connectivity index (χ2v) is 2.52. The second kappa shape index (κ2) is 3.39. The van der Waals surface area contributed by atoms with Crippen LogP contribution in [0.15, 0.2) is 24.3 Å². The minimum absolute atomic E-state index is 0.0714. The number of hydrogen-bond acceptors (Lipinski definition) is 2. The van der Waals surface area contributed by atoms with Crippen molar-refractivity contribution in [3.63, 3.8) is 0 Å². The van der Waals surface area contributed by atoms with Crippen molar-refractivity contribution in [3.8, 4) is 0 Å². The lowest BCUT2D eigenvalue weighted by Gasteiger charge is -2.00. The SMILES string of the molecule is CNc1cccc(C(=N)Cl)c1. The van der Waals surface area contributed by atoms with E-state index in [0.717, 1.165) is 11.3 Å². The first-order chi connectivity index (χ1) is 5.24. The zero-order chi connectivity index (χ0) is 8.27. The van der Waals surface area contributed by atoms with Crippen LogP contribution < -0.4 is 5.32 Å². The van der Waals surface area contributed by atoms with Crippen molar-refractivity contribution < 1.29 is 0 Å². The van der Waals surface area contributed by atoms with E-state index in [-0.39, 0.29) is 5.17 Å². The summed E-state index contributed by atoms with van der Waals surface area (Å²) in [6.07, 6.45) is 0. The summed E-state index contributed by atoms with van der Waals surface area (Å²) in [4.78, 5) is 0. The van der Waals surface area contributed by atoms with Gasteiger partial charge in [-0.1, -0.05) is 23.7 Å². The van der Waals surface area contributed by atoms with Gasteiger partial charge in [0.05, 0.1) is 0 Å². The van der Waals surface area contributed by atoms with Crippen LogP contribution in [0, 0.1) is 5.41 Å². The Balaban J connectivity index is 3.01. The van der Waals surface area contributed by atoms with E-state index in [1.165, 1.54) is 0 Å². The molecule has 0 aliphatic carbocycles. The van der Waals surface area contributed by atoms with Gasteiger partial charge in [0, 0.05) is 18.3 Å². The average Bonchev–Trinajstić information content (AvgIpc) is 2.05. The van der Waals surface area contributed by atoms with Crippen LogP contribution in [-0.4, -0.2) is 12.2 Å². The van der Waals surface area contributed by atoms with Gasteiger partial charge in [-0.05, 0) is 12.1 Å². The van der Waals surface area contributed by atoms with E-state index < -0.39 is 0 Å². The lowest BCUT2D eigenvalue weighted by Crippen LogP contribution is -1.92. The average molecular weight is 169 g/mol. The van der Waals surface area contributed by atoms with Crippen LogP contribution >= 0.6 is 11.6 Å². The number of nitrogens with one attached hydrogen (secondary N) is 2. The topological polar surface area (TPSA) is 35.9 Å². The molecule has 0 aromatic heterocycles. The molecule has 0 spiro atoms. The normalized spacial score (nSPS) is 9.27. The van der Waals surface area contributed by atoms with E-state index in [1.807, 2.05) is 25.2 Å². The molecule has 0 saturated carbocycles. The number of anilines is 1. The summed E-state index contributed by atoms with van der Waals surface area (Å²) in [6.45, 7) is 0. The molecule has 0 fully saturated rings. The fourth-order valence-electron chi connectivity index (χ4n) is 0.811. The minimum Gasteiger partial charge on any atom is -0.388 e. The Hall–Kier alpha value is -1.02. The maximum absolute atomic E-state index is 7.14. The van der Waals surface area contributed by atoms with Gasteiger partial charge in [-0.2, -0.15) is 0 Å². The van der Waals surface area contributed by atoms with Gasteiger partial charge < -0.3 is 5.32 Å². The summed E-state index contributed by atoms with van der Waals surface area (Å²) in [5, 5.41) is 10.2. The smallest absolute Gasteiger partial charge is 0.128 e. The molecule has 0 aliphatic heterocycles. The number of halogens is 1. The molecule has 0 bridgehead atoms. The highest BCUT2D eigenvalue weighted by atomic mass is 35.5. The Kier molecular flexibility index (Phi) is 2.49. The molecule has 1 rings (SSSR count). The molecule has 0 saturated heterocycles.